The highest BCUT2D eigenvalue weighted by Gasteiger charge is 2.32. The topological polar surface area (TPSA) is 116 Å². The van der Waals surface area contributed by atoms with Crippen LogP contribution in [0, 0.1) is 0 Å². The molecule has 0 atom stereocenters. The third-order valence-electron chi connectivity index (χ3n) is 19.4. The van der Waals surface area contributed by atoms with Gasteiger partial charge in [-0.2, -0.15) is 0 Å². The maximum absolute atomic E-state index is 13.1. The molecule has 10 rings (SSSR count). The van der Waals surface area contributed by atoms with E-state index in [9.17, 15) is 15.3 Å². The molecule has 7 aromatic rings. The van der Waals surface area contributed by atoms with Gasteiger partial charge in [0.2, 0.25) is 0 Å². The Hall–Kier alpha value is -6.94. The van der Waals surface area contributed by atoms with Crippen LogP contribution in [0.3, 0.4) is 0 Å². The third kappa shape index (κ3) is 15.8. The first kappa shape index (κ1) is 69.9. The molecule has 0 amide bonds. The summed E-state index contributed by atoms with van der Waals surface area (Å²) in [5.41, 5.74) is 18.4. The normalized spacial score (nSPS) is 15.9. The summed E-state index contributed by atoms with van der Waals surface area (Å²) >= 11 is 0. The molecule has 0 saturated carbocycles. The number of ether oxygens (including phenoxy) is 6. The molecule has 7 aromatic carbocycles. The van der Waals surface area contributed by atoms with Crippen molar-refractivity contribution >= 4 is 0 Å². The SMILES string of the molecule is CC(C)(C)c1cc2c(O)c(c1)Cc1cc(C(C)(C)C)cc(c1O)Cc1cc(C(C)(C)C)cc3c1OCCOCCOc1c(cc(C(C)(C)C)cc1Cc1cc(C(C)(C)C)cc4c1OCCOCCOc1c(cc(C(C)(C)C)cc1C4)C3)Cc1cc(C(C)(C)C)cc(c1O)C2. The van der Waals surface area contributed by atoms with E-state index in [4.69, 9.17) is 28.4 Å². The minimum Gasteiger partial charge on any atom is -0.507 e. The summed E-state index contributed by atoms with van der Waals surface area (Å²) in [6, 6.07) is 31.5. The number of hydrogen-bond donors (Lipinski definition) is 3. The van der Waals surface area contributed by atoms with Crippen molar-refractivity contribution in [2.24, 2.45) is 0 Å². The summed E-state index contributed by atoms with van der Waals surface area (Å²) < 4.78 is 41.8. The molecular formula is C85H110O9. The lowest BCUT2D eigenvalue weighted by Crippen LogP contribution is -2.20. The molecule has 0 unspecified atom stereocenters. The molecule has 3 aliphatic heterocycles. The first-order valence-electron chi connectivity index (χ1n) is 34.6. The zero-order valence-corrected chi connectivity index (χ0v) is 61.0. The minimum absolute atomic E-state index is 0.154. The second-order valence-corrected chi connectivity index (χ2v) is 34.5. The van der Waals surface area contributed by atoms with Crippen LogP contribution in [-0.4, -0.2) is 68.2 Å². The van der Waals surface area contributed by atoms with Gasteiger partial charge in [-0.15, -0.1) is 0 Å². The fourth-order valence-corrected chi connectivity index (χ4v) is 13.4. The van der Waals surface area contributed by atoms with Gasteiger partial charge in [-0.05, 0) is 155 Å². The van der Waals surface area contributed by atoms with Gasteiger partial charge in [-0.3, -0.25) is 0 Å². The maximum Gasteiger partial charge on any atom is 0.126 e. The molecule has 3 aliphatic rings. The number of fused-ring (bicyclic) bond motifs is 12. The van der Waals surface area contributed by atoms with Crippen LogP contribution < -0.4 is 18.9 Å². The highest BCUT2D eigenvalue weighted by molar-refractivity contribution is 5.62. The van der Waals surface area contributed by atoms with E-state index in [1.165, 1.54) is 11.1 Å². The lowest BCUT2D eigenvalue weighted by molar-refractivity contribution is 0.0746. The zero-order chi connectivity index (χ0) is 68.4. The van der Waals surface area contributed by atoms with Crippen LogP contribution in [0.25, 0.3) is 0 Å². The second kappa shape index (κ2) is 26.2. The van der Waals surface area contributed by atoms with Crippen molar-refractivity contribution in [3.63, 3.8) is 0 Å². The maximum atomic E-state index is 13.1. The van der Waals surface area contributed by atoms with Crippen LogP contribution in [0.1, 0.15) is 262 Å². The molecule has 0 saturated heterocycles. The summed E-state index contributed by atoms with van der Waals surface area (Å²) in [7, 11) is 0. The fourth-order valence-electron chi connectivity index (χ4n) is 13.4. The number of phenols is 3. The third-order valence-corrected chi connectivity index (χ3v) is 19.4. The molecule has 3 N–H and O–H groups in total. The fraction of sp³-hybridized carbons (Fsp3) is 0.506. The van der Waals surface area contributed by atoms with E-state index < -0.39 is 0 Å². The summed E-state index contributed by atoms with van der Waals surface area (Å²) in [4.78, 5) is 0. The quantitative estimate of drug-likeness (QED) is 0.128. The summed E-state index contributed by atoms with van der Waals surface area (Å²) in [5, 5.41) is 39.1. The van der Waals surface area contributed by atoms with E-state index in [1.54, 1.807) is 0 Å². The number of phenolic OH excluding ortho intramolecular Hbond substituents is 3. The molecule has 9 heteroatoms. The highest BCUT2D eigenvalue weighted by atomic mass is 16.6. The Bertz CT molecular complexity index is 3710. The number of benzene rings is 7. The van der Waals surface area contributed by atoms with Crippen LogP contribution in [0.4, 0.5) is 0 Å². The van der Waals surface area contributed by atoms with Gasteiger partial charge < -0.3 is 43.7 Å². The van der Waals surface area contributed by atoms with Gasteiger partial charge >= 0.3 is 0 Å². The van der Waals surface area contributed by atoms with Crippen molar-refractivity contribution in [3.05, 3.63) is 202 Å². The van der Waals surface area contributed by atoms with E-state index in [0.717, 1.165) is 118 Å². The lowest BCUT2D eigenvalue weighted by Gasteiger charge is -2.29. The predicted octanol–water partition coefficient (Wildman–Crippen LogP) is 18.9. The lowest BCUT2D eigenvalue weighted by atomic mass is 9.79. The summed E-state index contributed by atoms with van der Waals surface area (Å²) in [6.07, 6.45) is 2.77. The molecule has 14 bridgehead atoms. The number of aromatic hydroxyl groups is 3. The molecule has 3 heterocycles. The van der Waals surface area contributed by atoms with Crippen LogP contribution >= 0.6 is 0 Å². The first-order chi connectivity index (χ1) is 43.7. The van der Waals surface area contributed by atoms with Crippen molar-refractivity contribution in [1.29, 1.82) is 0 Å². The van der Waals surface area contributed by atoms with Gasteiger partial charge in [-0.1, -0.05) is 230 Å². The molecule has 94 heavy (non-hydrogen) atoms. The van der Waals surface area contributed by atoms with Crippen LogP contribution in [-0.2, 0) is 92.3 Å². The van der Waals surface area contributed by atoms with Gasteiger partial charge in [0.05, 0.1) is 26.4 Å². The zero-order valence-electron chi connectivity index (χ0n) is 61.0. The van der Waals surface area contributed by atoms with Gasteiger partial charge in [0.15, 0.2) is 0 Å². The molecular weight excluding hydrogens is 1160 g/mol. The van der Waals surface area contributed by atoms with Crippen LogP contribution in [0.15, 0.2) is 84.9 Å². The van der Waals surface area contributed by atoms with Crippen LogP contribution in [0.5, 0.6) is 40.2 Å². The largest absolute Gasteiger partial charge is 0.507 e. The Morgan fingerprint density at radius 3 is 0.479 bits per heavy atom. The Morgan fingerprint density at radius 1 is 0.202 bits per heavy atom. The Kier molecular flexibility index (Phi) is 19.5. The minimum atomic E-state index is -0.308. The van der Waals surface area contributed by atoms with Crippen molar-refractivity contribution in [1.82, 2.24) is 0 Å². The van der Waals surface area contributed by atoms with Gasteiger partial charge in [0, 0.05) is 44.9 Å². The molecule has 9 nitrogen and oxygen atoms in total. The van der Waals surface area contributed by atoms with Crippen LogP contribution in [0.2, 0.25) is 0 Å². The van der Waals surface area contributed by atoms with E-state index >= 15 is 0 Å². The molecule has 0 aromatic heterocycles. The van der Waals surface area contributed by atoms with E-state index in [0.29, 0.717) is 69.7 Å². The standard InChI is InChI=1S/C85H110O9/c1-79(2,3)65-37-51-30-53-39-66(80(4,5)6)41-55(73(53)87)32-57-43-68(82(10,11)12)45-59-34-61-47-70(84(16,17)18)49-63-36-64-50-71(85(19,20)21)48-62(78(64)94-29-25-90-24-28-93-77(61)63)35-60-46-69(83(13,14)15)44-58(76(60)92-27-23-89-22-26-91-75(57)59)33-56-42-67(81(7,8)9)40-54(74(56)88)31-52(38-65)72(51)86/h37-50,86-88H,22-36H2,1-21H3. The average Bonchev–Trinajstić information content (AvgIpc) is 0.780. The molecule has 0 radical (unpaired) electrons. The molecule has 0 fully saturated rings. The van der Waals surface area contributed by atoms with Gasteiger partial charge in [-0.25, -0.2) is 0 Å². The van der Waals surface area contributed by atoms with E-state index in [2.05, 4.69) is 230 Å². The van der Waals surface area contributed by atoms with E-state index in [-0.39, 0.29) is 94.4 Å². The first-order valence-corrected chi connectivity index (χ1v) is 34.6. The smallest absolute Gasteiger partial charge is 0.126 e. The van der Waals surface area contributed by atoms with E-state index in [1.807, 2.05) is 0 Å². The molecule has 504 valence electrons. The van der Waals surface area contributed by atoms with Gasteiger partial charge in [0.25, 0.3) is 0 Å². The number of rotatable bonds is 0. The predicted molar refractivity (Wildman–Crippen MR) is 384 cm³/mol. The van der Waals surface area contributed by atoms with Crippen molar-refractivity contribution in [2.45, 2.75) is 228 Å². The highest BCUT2D eigenvalue weighted by Crippen LogP contribution is 2.47. The molecule has 0 aliphatic carbocycles. The summed E-state index contributed by atoms with van der Waals surface area (Å²) in [6.45, 7) is 49.7. The Labute approximate surface area is 564 Å². The second-order valence-electron chi connectivity index (χ2n) is 34.5. The van der Waals surface area contributed by atoms with Gasteiger partial charge in [0.1, 0.15) is 66.7 Å². The summed E-state index contributed by atoms with van der Waals surface area (Å²) in [5.74, 6) is 3.67. The number of hydrogen-bond acceptors (Lipinski definition) is 9. The Balaban J connectivity index is 1.35. The van der Waals surface area contributed by atoms with Crippen molar-refractivity contribution in [2.75, 3.05) is 52.9 Å². The molecule has 0 spiro atoms. The monoisotopic (exact) mass is 1270 g/mol. The average molecular weight is 1280 g/mol. The van der Waals surface area contributed by atoms with Crippen molar-refractivity contribution in [3.8, 4) is 40.2 Å². The van der Waals surface area contributed by atoms with Crippen molar-refractivity contribution < 1.29 is 43.7 Å². The Morgan fingerprint density at radius 2 is 0.330 bits per heavy atom.